The van der Waals surface area contributed by atoms with Crippen molar-refractivity contribution in [2.75, 3.05) is 11.9 Å². The van der Waals surface area contributed by atoms with Gasteiger partial charge < -0.3 is 5.32 Å². The largest absolute Gasteiger partial charge is 0.322 e. The highest BCUT2D eigenvalue weighted by Crippen LogP contribution is 2.18. The zero-order valence-corrected chi connectivity index (χ0v) is 17.7. The fraction of sp³-hybridized carbons (Fsp3) is 0.136. The van der Waals surface area contributed by atoms with Crippen LogP contribution in [0, 0.1) is 12.7 Å². The van der Waals surface area contributed by atoms with Crippen molar-refractivity contribution in [3.8, 4) is 0 Å². The Kier molecular flexibility index (Phi) is 6.87. The predicted octanol–water partition coefficient (Wildman–Crippen LogP) is 4.56. The Morgan fingerprint density at radius 2 is 1.77 bits per heavy atom. The zero-order valence-electron chi connectivity index (χ0n) is 16.2. The average Bonchev–Trinajstić information content (AvgIpc) is 2.69. The average molecular weight is 447 g/mol. The molecule has 3 aromatic rings. The zero-order chi connectivity index (χ0) is 21.7. The first kappa shape index (κ1) is 22.0. The number of nitrogens with one attached hydrogen (secondary N) is 2. The number of hydrogen-bond donors (Lipinski definition) is 2. The van der Waals surface area contributed by atoms with E-state index < -0.39 is 21.7 Å². The van der Waals surface area contributed by atoms with Crippen LogP contribution in [0.15, 0.2) is 71.6 Å². The normalized spacial score (nSPS) is 11.3. The summed E-state index contributed by atoms with van der Waals surface area (Å²) in [6, 6.07) is 17.2. The molecule has 0 atom stereocenters. The molecule has 0 bridgehead atoms. The molecule has 0 radical (unpaired) electrons. The van der Waals surface area contributed by atoms with E-state index in [2.05, 4.69) is 10.0 Å². The van der Waals surface area contributed by atoms with Gasteiger partial charge in [-0.25, -0.2) is 17.5 Å². The van der Waals surface area contributed by atoms with Crippen molar-refractivity contribution in [2.24, 2.45) is 0 Å². The van der Waals surface area contributed by atoms with E-state index in [0.29, 0.717) is 17.1 Å². The molecule has 0 fully saturated rings. The Hall–Kier alpha value is -2.74. The first-order valence-electron chi connectivity index (χ1n) is 9.16. The number of halogens is 2. The van der Waals surface area contributed by atoms with Gasteiger partial charge in [0.2, 0.25) is 10.0 Å². The van der Waals surface area contributed by atoms with E-state index in [4.69, 9.17) is 11.6 Å². The highest BCUT2D eigenvalue weighted by molar-refractivity contribution is 7.89. The van der Waals surface area contributed by atoms with E-state index in [1.165, 1.54) is 0 Å². The van der Waals surface area contributed by atoms with Gasteiger partial charge >= 0.3 is 0 Å². The maximum atomic E-state index is 14.2. The van der Waals surface area contributed by atoms with Gasteiger partial charge in [-0.3, -0.25) is 4.79 Å². The first-order valence-corrected chi connectivity index (χ1v) is 11.0. The summed E-state index contributed by atoms with van der Waals surface area (Å²) in [6.45, 7) is 2.01. The number of aryl methyl sites for hydroxylation is 1. The molecule has 0 saturated heterocycles. The molecule has 0 aliphatic rings. The fourth-order valence-electron chi connectivity index (χ4n) is 2.83. The minimum Gasteiger partial charge on any atom is -0.322 e. The maximum Gasteiger partial charge on any atom is 0.258 e. The molecule has 0 unspecified atom stereocenters. The summed E-state index contributed by atoms with van der Waals surface area (Å²) in [5.41, 5.74) is 1.99. The summed E-state index contributed by atoms with van der Waals surface area (Å²) in [5, 5.41) is 3.18. The topological polar surface area (TPSA) is 75.3 Å². The van der Waals surface area contributed by atoms with Crippen LogP contribution in [0.4, 0.5) is 10.1 Å². The first-order chi connectivity index (χ1) is 14.2. The molecule has 30 heavy (non-hydrogen) atoms. The molecule has 1 amide bonds. The standard InChI is InChI=1S/C22H20ClFN2O3S/c1-15-3-2-4-18(13-15)26-22(27)20-14-19(9-10-21(20)24)30(28,29)25-12-11-16-5-7-17(23)8-6-16/h2-10,13-14,25H,11-12H2,1H3,(H,26,27). The lowest BCUT2D eigenvalue weighted by molar-refractivity contribution is 0.102. The third-order valence-electron chi connectivity index (χ3n) is 4.39. The van der Waals surface area contributed by atoms with Crippen LogP contribution < -0.4 is 10.0 Å². The van der Waals surface area contributed by atoms with Crippen molar-refractivity contribution >= 4 is 33.2 Å². The lowest BCUT2D eigenvalue weighted by Crippen LogP contribution is -2.26. The number of sulfonamides is 1. The molecular weight excluding hydrogens is 427 g/mol. The van der Waals surface area contributed by atoms with Crippen molar-refractivity contribution in [1.29, 1.82) is 0 Å². The summed E-state index contributed by atoms with van der Waals surface area (Å²) in [4.78, 5) is 12.3. The molecule has 2 N–H and O–H groups in total. The molecule has 0 aromatic heterocycles. The van der Waals surface area contributed by atoms with Gasteiger partial charge in [0.25, 0.3) is 5.91 Å². The van der Waals surface area contributed by atoms with E-state index in [0.717, 1.165) is 29.3 Å². The van der Waals surface area contributed by atoms with Gasteiger partial charge in [-0.1, -0.05) is 35.9 Å². The smallest absolute Gasteiger partial charge is 0.258 e. The molecule has 0 spiro atoms. The number of hydrogen-bond acceptors (Lipinski definition) is 3. The number of benzene rings is 3. The van der Waals surface area contributed by atoms with Crippen LogP contribution in [-0.4, -0.2) is 20.9 Å². The van der Waals surface area contributed by atoms with Gasteiger partial charge in [0, 0.05) is 17.3 Å². The lowest BCUT2D eigenvalue weighted by atomic mass is 10.1. The summed E-state index contributed by atoms with van der Waals surface area (Å²) < 4.78 is 41.8. The summed E-state index contributed by atoms with van der Waals surface area (Å²) in [7, 11) is -3.91. The van der Waals surface area contributed by atoms with Crippen LogP contribution in [-0.2, 0) is 16.4 Å². The lowest BCUT2D eigenvalue weighted by Gasteiger charge is -2.10. The summed E-state index contributed by atoms with van der Waals surface area (Å²) >= 11 is 5.84. The number of carbonyl (C=O) groups is 1. The van der Waals surface area contributed by atoms with Gasteiger partial charge in [0.1, 0.15) is 5.82 Å². The highest BCUT2D eigenvalue weighted by atomic mass is 35.5. The fourth-order valence-corrected chi connectivity index (χ4v) is 4.01. The van der Waals surface area contributed by atoms with Crippen LogP contribution in [0.25, 0.3) is 0 Å². The quantitative estimate of drug-likeness (QED) is 0.558. The van der Waals surface area contributed by atoms with Crippen LogP contribution in [0.5, 0.6) is 0 Å². The predicted molar refractivity (Wildman–Crippen MR) is 116 cm³/mol. The summed E-state index contributed by atoms with van der Waals surface area (Å²) in [6.07, 6.45) is 0.457. The van der Waals surface area contributed by atoms with Crippen molar-refractivity contribution in [3.05, 3.63) is 94.3 Å². The molecule has 156 valence electrons. The minimum atomic E-state index is -3.91. The maximum absolute atomic E-state index is 14.2. The molecule has 8 heteroatoms. The Bertz CT molecular complexity index is 1170. The molecule has 0 aliphatic carbocycles. The van der Waals surface area contributed by atoms with Gasteiger partial charge in [0.15, 0.2) is 0 Å². The molecule has 3 rings (SSSR count). The molecular formula is C22H20ClFN2O3S. The van der Waals surface area contributed by atoms with E-state index in [1.54, 1.807) is 30.3 Å². The number of amides is 1. The number of anilines is 1. The van der Waals surface area contributed by atoms with Crippen LogP contribution in [0.1, 0.15) is 21.5 Å². The van der Waals surface area contributed by atoms with Crippen molar-refractivity contribution in [1.82, 2.24) is 4.72 Å². The van der Waals surface area contributed by atoms with Gasteiger partial charge in [-0.2, -0.15) is 0 Å². The molecule has 3 aromatic carbocycles. The van der Waals surface area contributed by atoms with E-state index in [1.807, 2.05) is 25.1 Å². The molecule has 0 saturated carbocycles. The van der Waals surface area contributed by atoms with Crippen molar-refractivity contribution in [2.45, 2.75) is 18.2 Å². The second-order valence-corrected chi connectivity index (χ2v) is 8.94. The van der Waals surface area contributed by atoms with E-state index >= 15 is 0 Å². The monoisotopic (exact) mass is 446 g/mol. The van der Waals surface area contributed by atoms with Gasteiger partial charge in [-0.05, 0) is 66.9 Å². The second kappa shape index (κ2) is 9.38. The molecule has 5 nitrogen and oxygen atoms in total. The van der Waals surface area contributed by atoms with Crippen LogP contribution in [0.3, 0.4) is 0 Å². The molecule has 0 aliphatic heterocycles. The van der Waals surface area contributed by atoms with Gasteiger partial charge in [0.05, 0.1) is 10.5 Å². The third kappa shape index (κ3) is 5.66. The van der Waals surface area contributed by atoms with Crippen molar-refractivity contribution < 1.29 is 17.6 Å². The number of carbonyl (C=O) groups excluding carboxylic acids is 1. The van der Waals surface area contributed by atoms with Crippen molar-refractivity contribution in [3.63, 3.8) is 0 Å². The highest BCUT2D eigenvalue weighted by Gasteiger charge is 2.19. The van der Waals surface area contributed by atoms with Crippen LogP contribution in [0.2, 0.25) is 5.02 Å². The Balaban J connectivity index is 1.72. The SMILES string of the molecule is Cc1cccc(NC(=O)c2cc(S(=O)(=O)NCCc3ccc(Cl)cc3)ccc2F)c1. The van der Waals surface area contributed by atoms with Gasteiger partial charge in [-0.15, -0.1) is 0 Å². The Morgan fingerprint density at radius 1 is 1.03 bits per heavy atom. The number of rotatable bonds is 7. The minimum absolute atomic E-state index is 0.145. The second-order valence-electron chi connectivity index (χ2n) is 6.74. The Morgan fingerprint density at radius 3 is 2.47 bits per heavy atom. The van der Waals surface area contributed by atoms with E-state index in [9.17, 15) is 17.6 Å². The van der Waals surface area contributed by atoms with E-state index in [-0.39, 0.29) is 17.0 Å². The Labute approximate surface area is 179 Å². The molecule has 0 heterocycles. The summed E-state index contributed by atoms with van der Waals surface area (Å²) in [5.74, 6) is -1.53. The van der Waals surface area contributed by atoms with Crippen LogP contribution >= 0.6 is 11.6 Å². The third-order valence-corrected chi connectivity index (χ3v) is 6.10.